The van der Waals surface area contributed by atoms with Crippen LogP contribution < -0.4 is 10.2 Å². The third kappa shape index (κ3) is 3.91. The molecule has 0 radical (unpaired) electrons. The maximum absolute atomic E-state index is 14.3. The summed E-state index contributed by atoms with van der Waals surface area (Å²) in [7, 11) is 0. The van der Waals surface area contributed by atoms with Crippen molar-refractivity contribution in [1.82, 2.24) is 14.9 Å². The van der Waals surface area contributed by atoms with Crippen LogP contribution in [-0.4, -0.2) is 40.5 Å². The molecule has 2 N–H and O–H groups in total. The lowest BCUT2D eigenvalue weighted by molar-refractivity contribution is 0.245. The molecule has 2 saturated heterocycles. The summed E-state index contributed by atoms with van der Waals surface area (Å²) in [6, 6.07) is 13.3. The first kappa shape index (κ1) is 22.0. The molecule has 9 heteroatoms. The zero-order valence-electron chi connectivity index (χ0n) is 19.2. The van der Waals surface area contributed by atoms with E-state index < -0.39 is 5.82 Å². The van der Waals surface area contributed by atoms with Crippen molar-refractivity contribution in [3.63, 3.8) is 0 Å². The minimum absolute atomic E-state index is 0.295. The molecule has 2 fully saturated rings. The van der Waals surface area contributed by atoms with E-state index in [4.69, 9.17) is 16.0 Å². The molecule has 6 rings (SSSR count). The number of fused-ring (bicyclic) bond motifs is 2. The molecule has 2 aliphatic rings. The summed E-state index contributed by atoms with van der Waals surface area (Å²) in [4.78, 5) is 12.4. The Balaban J connectivity index is 1.19. The maximum Gasteiger partial charge on any atom is 0.242 e. The Bertz CT molecular complexity index is 1460. The third-order valence-corrected chi connectivity index (χ3v) is 7.60. The molecule has 2 atom stereocenters. The zero-order valence-corrected chi connectivity index (χ0v) is 19.9. The molecule has 2 unspecified atom stereocenters. The van der Waals surface area contributed by atoms with Gasteiger partial charge >= 0.3 is 0 Å². The number of aryl methyl sites for hydroxylation is 1. The van der Waals surface area contributed by atoms with Crippen LogP contribution in [0.5, 0.6) is 0 Å². The summed E-state index contributed by atoms with van der Waals surface area (Å²) in [6.07, 6.45) is 2.51. The van der Waals surface area contributed by atoms with Gasteiger partial charge in [0, 0.05) is 41.6 Å². The highest BCUT2D eigenvalue weighted by atomic mass is 35.5. The van der Waals surface area contributed by atoms with Gasteiger partial charge in [-0.25, -0.2) is 4.39 Å². The number of H-pyrrole nitrogens is 1. The molecule has 0 saturated carbocycles. The smallest absolute Gasteiger partial charge is 0.242 e. The fraction of sp³-hybridized carbons (Fsp3) is 0.308. The van der Waals surface area contributed by atoms with E-state index in [1.807, 2.05) is 6.07 Å². The van der Waals surface area contributed by atoms with Crippen molar-refractivity contribution in [3.05, 3.63) is 70.5 Å². The van der Waals surface area contributed by atoms with E-state index in [0.29, 0.717) is 40.1 Å². The number of halogens is 2. The summed E-state index contributed by atoms with van der Waals surface area (Å²) in [5.41, 5.74) is 4.37. The lowest BCUT2D eigenvalue weighted by Crippen LogP contribution is -2.35. The first-order valence-corrected chi connectivity index (χ1v) is 12.0. The van der Waals surface area contributed by atoms with Gasteiger partial charge in [0.2, 0.25) is 5.88 Å². The van der Waals surface area contributed by atoms with E-state index >= 15 is 0 Å². The number of rotatable bonds is 5. The van der Waals surface area contributed by atoms with Crippen molar-refractivity contribution in [2.24, 2.45) is 5.92 Å². The number of oxazole rings is 1. The third-order valence-electron chi connectivity index (χ3n) is 7.37. The second-order valence-electron chi connectivity index (χ2n) is 9.35. The standard InChI is InChI=1S/C26H24ClFN6O/c1-15-16(2-4-22-20(15)9-19(10-29)31-22)11-33-7-6-17-12-34(13-24(17)33)25-26(35-14-30-25)32-23-5-3-18(27)8-21(23)28/h2-5,8-9,14,17,24,31-32H,6-7,11-13H2,1H3. The Labute approximate surface area is 207 Å². The molecule has 2 aromatic heterocycles. The topological polar surface area (TPSA) is 84.1 Å². The van der Waals surface area contributed by atoms with Gasteiger partial charge in [-0.15, -0.1) is 0 Å². The average molecular weight is 491 g/mol. The number of hydrogen-bond donors (Lipinski definition) is 2. The quantitative estimate of drug-likeness (QED) is 0.380. The van der Waals surface area contributed by atoms with Gasteiger partial charge in [0.25, 0.3) is 0 Å². The number of likely N-dealkylation sites (tertiary alicyclic amines) is 1. The van der Waals surface area contributed by atoms with Crippen LogP contribution in [0, 0.1) is 30.0 Å². The van der Waals surface area contributed by atoms with E-state index in [9.17, 15) is 9.65 Å². The van der Waals surface area contributed by atoms with Crippen molar-refractivity contribution < 1.29 is 8.81 Å². The molecule has 0 bridgehead atoms. The highest BCUT2D eigenvalue weighted by molar-refractivity contribution is 6.30. The zero-order chi connectivity index (χ0) is 24.1. The molecule has 7 nitrogen and oxygen atoms in total. The van der Waals surface area contributed by atoms with Gasteiger partial charge in [-0.05, 0) is 67.3 Å². The summed E-state index contributed by atoms with van der Waals surface area (Å²) in [6.45, 7) is 5.76. The van der Waals surface area contributed by atoms with Crippen molar-refractivity contribution in [1.29, 1.82) is 5.26 Å². The fourth-order valence-electron chi connectivity index (χ4n) is 5.53. The molecule has 0 amide bonds. The van der Waals surface area contributed by atoms with E-state index in [2.05, 4.69) is 50.2 Å². The van der Waals surface area contributed by atoms with E-state index in [0.717, 1.165) is 43.5 Å². The van der Waals surface area contributed by atoms with E-state index in [1.54, 1.807) is 12.1 Å². The van der Waals surface area contributed by atoms with Gasteiger partial charge < -0.3 is 19.6 Å². The fourth-order valence-corrected chi connectivity index (χ4v) is 5.69. The molecule has 0 aliphatic carbocycles. The average Bonchev–Trinajstić information content (AvgIpc) is 3.61. The van der Waals surface area contributed by atoms with E-state index in [-0.39, 0.29) is 0 Å². The van der Waals surface area contributed by atoms with Gasteiger partial charge in [0.15, 0.2) is 12.2 Å². The second-order valence-corrected chi connectivity index (χ2v) is 9.79. The Hall–Kier alpha value is -3.54. The monoisotopic (exact) mass is 490 g/mol. The predicted octanol–water partition coefficient (Wildman–Crippen LogP) is 5.58. The second kappa shape index (κ2) is 8.59. The minimum atomic E-state index is -0.444. The van der Waals surface area contributed by atoms with Crippen LogP contribution >= 0.6 is 11.6 Å². The lowest BCUT2D eigenvalue weighted by Gasteiger charge is -2.25. The van der Waals surface area contributed by atoms with Gasteiger partial charge in [-0.3, -0.25) is 4.90 Å². The van der Waals surface area contributed by atoms with Crippen molar-refractivity contribution in [2.75, 3.05) is 29.9 Å². The van der Waals surface area contributed by atoms with Crippen molar-refractivity contribution in [3.8, 4) is 6.07 Å². The summed E-state index contributed by atoms with van der Waals surface area (Å²) in [5.74, 6) is 1.22. The first-order valence-electron chi connectivity index (χ1n) is 11.7. The highest BCUT2D eigenvalue weighted by Crippen LogP contribution is 2.38. The van der Waals surface area contributed by atoms with Crippen LogP contribution in [-0.2, 0) is 6.54 Å². The highest BCUT2D eigenvalue weighted by Gasteiger charge is 2.42. The molecule has 0 spiro atoms. The number of anilines is 3. The Morgan fingerprint density at radius 2 is 2.17 bits per heavy atom. The van der Waals surface area contributed by atoms with Crippen molar-refractivity contribution >= 4 is 39.9 Å². The van der Waals surface area contributed by atoms with Crippen LogP contribution in [0.3, 0.4) is 0 Å². The lowest BCUT2D eigenvalue weighted by atomic mass is 10.0. The number of hydrogen-bond acceptors (Lipinski definition) is 6. The normalized spacial score (nSPS) is 19.9. The Morgan fingerprint density at radius 3 is 3.00 bits per heavy atom. The number of benzene rings is 2. The Morgan fingerprint density at radius 1 is 1.29 bits per heavy atom. The first-order chi connectivity index (χ1) is 17.0. The number of aromatic nitrogens is 2. The van der Waals surface area contributed by atoms with Gasteiger partial charge in [0.05, 0.1) is 5.69 Å². The summed E-state index contributed by atoms with van der Waals surface area (Å²) < 4.78 is 19.9. The molecule has 35 heavy (non-hydrogen) atoms. The SMILES string of the molecule is Cc1c(CN2CCC3CN(c4ncoc4Nc4ccc(Cl)cc4F)CC32)ccc2[nH]c(C#N)cc12. The van der Waals surface area contributed by atoms with Crippen LogP contribution in [0.15, 0.2) is 47.2 Å². The predicted molar refractivity (Wildman–Crippen MR) is 133 cm³/mol. The molecule has 178 valence electrons. The number of nitriles is 1. The summed E-state index contributed by atoms with van der Waals surface area (Å²) >= 11 is 5.88. The molecular formula is C26H24ClFN6O. The van der Waals surface area contributed by atoms with Crippen LogP contribution in [0.25, 0.3) is 10.9 Å². The maximum atomic E-state index is 14.3. The van der Waals surface area contributed by atoms with Crippen LogP contribution in [0.2, 0.25) is 5.02 Å². The molecule has 2 aliphatic heterocycles. The van der Waals surface area contributed by atoms with Gasteiger partial charge in [0.1, 0.15) is 17.6 Å². The van der Waals surface area contributed by atoms with Crippen LogP contribution in [0.1, 0.15) is 23.2 Å². The van der Waals surface area contributed by atoms with Crippen LogP contribution in [0.4, 0.5) is 21.8 Å². The Kier molecular flexibility index (Phi) is 5.39. The van der Waals surface area contributed by atoms with E-state index in [1.165, 1.54) is 23.6 Å². The largest absolute Gasteiger partial charge is 0.425 e. The molecule has 4 aromatic rings. The van der Waals surface area contributed by atoms with Crippen molar-refractivity contribution in [2.45, 2.75) is 25.9 Å². The molecule has 2 aromatic carbocycles. The molecule has 4 heterocycles. The summed E-state index contributed by atoms with van der Waals surface area (Å²) in [5, 5.41) is 13.7. The van der Waals surface area contributed by atoms with Gasteiger partial charge in [-0.1, -0.05) is 17.7 Å². The van der Waals surface area contributed by atoms with Gasteiger partial charge in [-0.2, -0.15) is 10.2 Å². The number of nitrogens with one attached hydrogen (secondary N) is 2. The minimum Gasteiger partial charge on any atom is -0.425 e. The number of aromatic amines is 1. The molecular weight excluding hydrogens is 467 g/mol. The number of nitrogens with zero attached hydrogens (tertiary/aromatic N) is 4.